The molecule has 0 aromatic heterocycles. The molecule has 0 spiro atoms. The number of hydrogen-bond donors (Lipinski definition) is 8. The lowest BCUT2D eigenvalue weighted by Crippen LogP contribution is -2.44. The van der Waals surface area contributed by atoms with E-state index in [9.17, 15) is 13.4 Å². The Labute approximate surface area is 427 Å². The highest BCUT2D eigenvalue weighted by Crippen LogP contribution is 2.12. The molecule has 20 nitrogen and oxygen atoms in total. The summed E-state index contributed by atoms with van der Waals surface area (Å²) in [5.74, 6) is 0. The summed E-state index contributed by atoms with van der Waals surface area (Å²) in [7, 11) is -2.94. The van der Waals surface area contributed by atoms with Gasteiger partial charge in [0.1, 0.15) is 52.4 Å². The van der Waals surface area contributed by atoms with Crippen molar-refractivity contribution in [3.8, 4) is 0 Å². The number of hydrogen-bond acceptors (Lipinski definition) is 20. The second-order valence-electron chi connectivity index (χ2n) is 9.51. The van der Waals surface area contributed by atoms with Crippen LogP contribution in [0.2, 0.25) is 6.04 Å². The van der Waals surface area contributed by atoms with Crippen LogP contribution in [0.15, 0.2) is 0 Å². The third-order valence-electron chi connectivity index (χ3n) is 5.14. The zero-order chi connectivity index (χ0) is 48.3. The summed E-state index contributed by atoms with van der Waals surface area (Å²) in [5.41, 5.74) is 21.0. The average Bonchev–Trinajstić information content (AvgIpc) is 3.27. The molecule has 0 aromatic carbocycles. The molecule has 0 atom stereocenters. The molecule has 0 aliphatic rings. The molecule has 34 heteroatoms. The molecule has 0 aliphatic heterocycles. The second-order valence-corrected chi connectivity index (χ2v) is 26.2. The molecular weight excluding hydrogens is 1050 g/mol. The quantitative estimate of drug-likeness (QED) is 0.0369. The third kappa shape index (κ3) is 171. The normalized spacial score (nSPS) is 8.86. The van der Waals surface area contributed by atoms with Crippen LogP contribution < -0.4 is 22.9 Å². The highest BCUT2D eigenvalue weighted by atomic mass is 28.5. The molecule has 0 radical (unpaired) electrons. The van der Waals surface area contributed by atoms with Gasteiger partial charge in [-0.3, -0.25) is 13.4 Å². The van der Waals surface area contributed by atoms with Gasteiger partial charge in [-0.05, 0) is 72.6 Å². The molecule has 12 N–H and O–H groups in total. The lowest BCUT2D eigenvalue weighted by molar-refractivity contribution is 0.249. The largest absolute Gasteiger partial charge is 0.751 e. The summed E-state index contributed by atoms with van der Waals surface area (Å²) in [6, 6.07) is 0.889. The van der Waals surface area contributed by atoms with Crippen molar-refractivity contribution in [2.45, 2.75) is 149 Å². The summed E-state index contributed by atoms with van der Waals surface area (Å²) >= 11 is 0. The molecule has 0 rings (SSSR count). The van der Waals surface area contributed by atoms with Crippen LogP contribution in [-0.2, 0) is 50.7 Å². The summed E-state index contributed by atoms with van der Waals surface area (Å²) in [5, 5.41) is 15.1. The summed E-state index contributed by atoms with van der Waals surface area (Å²) in [4.78, 5) is 14.3. The maximum atomic E-state index is 10.2. The van der Waals surface area contributed by atoms with Gasteiger partial charge in [-0.2, -0.15) is 0 Å². The molecule has 0 heterocycles. The monoisotopic (exact) mass is 1170 g/mol. The van der Waals surface area contributed by atoms with Crippen molar-refractivity contribution in [2.24, 2.45) is 22.9 Å². The molecule has 0 amide bonds. The van der Waals surface area contributed by atoms with Gasteiger partial charge >= 0.3 is 36.3 Å². The summed E-state index contributed by atoms with van der Waals surface area (Å²) in [6.07, 6.45) is 12.2. The number of rotatable bonds is 22. The first-order valence-electron chi connectivity index (χ1n) is 19.3. The van der Waals surface area contributed by atoms with E-state index in [4.69, 9.17) is 55.1 Å². The van der Waals surface area contributed by atoms with Crippen molar-refractivity contribution < 1.29 is 70.5 Å². The first kappa shape index (κ1) is 110. The van der Waals surface area contributed by atoms with Crippen LogP contribution in [-0.4, -0.2) is 207 Å². The Morgan fingerprint density at radius 2 is 0.635 bits per heavy atom. The minimum absolute atomic E-state index is 0. The van der Waals surface area contributed by atoms with Gasteiger partial charge in [0, 0.05) is 19.3 Å². The van der Waals surface area contributed by atoms with Gasteiger partial charge in [-0.1, -0.05) is 96.4 Å². The molecule has 0 saturated carbocycles. The lowest BCUT2D eigenvalue weighted by Gasteiger charge is -2.26. The predicted octanol–water partition coefficient (Wildman–Crippen LogP) is -8.01. The van der Waals surface area contributed by atoms with Crippen molar-refractivity contribution in [3.05, 3.63) is 0 Å². The van der Waals surface area contributed by atoms with E-state index in [1.165, 1.54) is 57.8 Å². The highest BCUT2D eigenvalue weighted by Gasteiger charge is 2.34. The number of nitrogens with two attached hydrogens (primary N) is 4. The standard InChI is InChI=1S/3C5H13N.C3H17NO3Si4.C2H8O3Si2.2C2H6O.5CH4.2H6O3Si3.2H4OSi/c3*1-2-3-4-5-6;4-2-1-3-11(5-8,6-9)7-10;1-2-4-7(3)5-6;2*1-2-3;;;;;;2*1-6(2-4)3-5;2*1-2/h3*2-6H2,1H3;1-4H2,8-10H3;2H2,1,6H3;2*3H,2H2,1H3;5*1H4;2*4-5H3;2*1H,2H3. The average molecular weight is 1170 g/mol. The number of unbranched alkanes of at least 4 members (excludes halogenated alkanes) is 6. The molecule has 0 aliphatic carbocycles. The number of aliphatic hydroxyl groups excluding tert-OH is 2. The molecule has 0 aromatic rings. The smallest absolute Gasteiger partial charge is 0.560 e. The fourth-order valence-corrected chi connectivity index (χ4v) is 17.0. The van der Waals surface area contributed by atoms with Crippen molar-refractivity contribution in [1.29, 1.82) is 0 Å². The van der Waals surface area contributed by atoms with Gasteiger partial charge in [0.05, 0.1) is 6.61 Å². The highest BCUT2D eigenvalue weighted by molar-refractivity contribution is 6.69. The maximum absolute atomic E-state index is 10.2. The fourth-order valence-electron chi connectivity index (χ4n) is 2.40. The van der Waals surface area contributed by atoms with E-state index in [1.807, 2.05) is 0 Å². The van der Waals surface area contributed by atoms with E-state index >= 15 is 0 Å². The van der Waals surface area contributed by atoms with Crippen molar-refractivity contribution in [1.82, 2.24) is 0 Å². The molecular formula is C29H116N4O16Si14. The molecule has 0 fully saturated rings. The van der Waals surface area contributed by atoms with Gasteiger partial charge in [0.2, 0.25) is 0 Å². The maximum Gasteiger partial charge on any atom is 0.751 e. The van der Waals surface area contributed by atoms with Crippen LogP contribution in [0.4, 0.5) is 0 Å². The van der Waals surface area contributed by atoms with E-state index in [0.29, 0.717) is 118 Å². The first-order valence-corrected chi connectivity index (χ1v) is 33.2. The van der Waals surface area contributed by atoms with Gasteiger partial charge in [0.15, 0.2) is 52.4 Å². The van der Waals surface area contributed by atoms with Crippen LogP contribution in [0.3, 0.4) is 0 Å². The molecule has 0 unspecified atom stereocenters. The number of aliphatic hydroxyl groups is 2. The van der Waals surface area contributed by atoms with E-state index in [1.54, 1.807) is 20.8 Å². The Hall–Kier alpha value is 0.796. The first-order chi connectivity index (χ1) is 27.7. The van der Waals surface area contributed by atoms with Crippen LogP contribution in [0.5, 0.6) is 0 Å². The topological polar surface area (TPSA) is 319 Å². The van der Waals surface area contributed by atoms with Gasteiger partial charge < -0.3 is 80.1 Å². The summed E-state index contributed by atoms with van der Waals surface area (Å²) in [6.45, 7) is 15.9. The predicted molar refractivity (Wildman–Crippen MR) is 313 cm³/mol. The molecule has 0 saturated heterocycles. The lowest BCUT2D eigenvalue weighted by atomic mass is 10.3. The Morgan fingerprint density at radius 1 is 0.429 bits per heavy atom. The van der Waals surface area contributed by atoms with Gasteiger partial charge in [-0.25, -0.2) is 0 Å². The Balaban J connectivity index is -0.0000000281. The Bertz CT molecular complexity index is 602. The van der Waals surface area contributed by atoms with Crippen molar-refractivity contribution in [3.63, 3.8) is 0 Å². The van der Waals surface area contributed by atoms with E-state index < -0.39 is 36.3 Å². The zero-order valence-corrected chi connectivity index (χ0v) is 63.7. The fraction of sp³-hybridized carbons (Fsp3) is 1.00. The van der Waals surface area contributed by atoms with Crippen molar-refractivity contribution >= 4 is 141 Å². The van der Waals surface area contributed by atoms with E-state index in [0.717, 1.165) is 32.1 Å². The van der Waals surface area contributed by atoms with Gasteiger partial charge in [-0.15, -0.1) is 0 Å². The van der Waals surface area contributed by atoms with E-state index in [2.05, 4.69) is 45.8 Å². The Morgan fingerprint density at radius 3 is 0.714 bits per heavy atom. The molecule has 63 heavy (non-hydrogen) atoms. The van der Waals surface area contributed by atoms with Crippen molar-refractivity contribution in [2.75, 3.05) is 46.0 Å². The minimum atomic E-state index is -2.13. The molecule has 0 bridgehead atoms. The van der Waals surface area contributed by atoms with E-state index in [-0.39, 0.29) is 50.3 Å². The zero-order valence-electron chi connectivity index (χ0n) is 39.7. The minimum Gasteiger partial charge on any atom is -0.560 e. The third-order valence-corrected chi connectivity index (χ3v) is 20.8. The summed E-state index contributed by atoms with van der Waals surface area (Å²) < 4.78 is 72.9. The van der Waals surface area contributed by atoms with Crippen LogP contribution >= 0.6 is 0 Å². The Kier molecular flexibility index (Phi) is 229. The van der Waals surface area contributed by atoms with Crippen LogP contribution in [0.1, 0.15) is 143 Å². The van der Waals surface area contributed by atoms with Crippen LogP contribution in [0.25, 0.3) is 0 Å². The molecule has 404 valence electrons. The second kappa shape index (κ2) is 131. The van der Waals surface area contributed by atoms with Crippen LogP contribution in [0, 0.1) is 0 Å². The van der Waals surface area contributed by atoms with Gasteiger partial charge in [0.25, 0.3) is 0 Å². The SMILES string of the molecule is C.C.C.C.C.CCCCCN.CCCCCN.CCCCCN.CCO.CCO.CCO[Si](=O)O[SiH3].NCCC[Si](O[SiH3])(O[SiH3])O[SiH3].O=[Si](O[SiH3])O[SiH3].O=[Si](O[SiH3])O[SiH3].O[SiH3].O[SiH3].